The summed E-state index contributed by atoms with van der Waals surface area (Å²) in [6, 6.07) is 0. The third kappa shape index (κ3) is 3.02. The molecule has 0 aromatic carbocycles. The fraction of sp³-hybridized carbons (Fsp3) is 0.818. The lowest BCUT2D eigenvalue weighted by Crippen LogP contribution is -2.15. The molecule has 1 aromatic rings. The minimum absolute atomic E-state index is 0.694. The Morgan fingerprint density at radius 3 is 3.12 bits per heavy atom. The molecule has 1 aliphatic rings. The van der Waals surface area contributed by atoms with Crippen molar-refractivity contribution in [2.24, 2.45) is 5.92 Å². The second-order valence-corrected chi connectivity index (χ2v) is 4.58. The van der Waals surface area contributed by atoms with Gasteiger partial charge in [-0.1, -0.05) is 5.16 Å². The Kier molecular flexibility index (Phi) is 3.90. The minimum Gasteiger partial charge on any atom is -0.339 e. The lowest BCUT2D eigenvalue weighted by molar-refractivity contribution is 0.364. The summed E-state index contributed by atoms with van der Waals surface area (Å²) in [7, 11) is 4.08. The van der Waals surface area contributed by atoms with Crippen LogP contribution in [0.25, 0.3) is 0 Å². The van der Waals surface area contributed by atoms with Crippen molar-refractivity contribution in [2.45, 2.75) is 19.3 Å². The van der Waals surface area contributed by atoms with Crippen LogP contribution in [0.15, 0.2) is 4.52 Å². The molecule has 1 fully saturated rings. The van der Waals surface area contributed by atoms with Gasteiger partial charge < -0.3 is 14.7 Å². The fourth-order valence-electron chi connectivity index (χ4n) is 2.16. The highest BCUT2D eigenvalue weighted by Crippen LogP contribution is 2.18. The van der Waals surface area contributed by atoms with Crippen molar-refractivity contribution < 1.29 is 4.52 Å². The zero-order valence-corrected chi connectivity index (χ0v) is 10.1. The monoisotopic (exact) mass is 224 g/mol. The number of nitrogens with one attached hydrogen (secondary N) is 1. The maximum absolute atomic E-state index is 5.19. The minimum atomic E-state index is 0.694. The summed E-state index contributed by atoms with van der Waals surface area (Å²) >= 11 is 0. The number of aromatic nitrogens is 2. The summed E-state index contributed by atoms with van der Waals surface area (Å²) in [4.78, 5) is 6.75. The molecular formula is C11H20N4O. The van der Waals surface area contributed by atoms with Gasteiger partial charge in [-0.2, -0.15) is 4.98 Å². The maximum Gasteiger partial charge on any atom is 0.227 e. The van der Waals surface area contributed by atoms with Gasteiger partial charge >= 0.3 is 0 Å². The summed E-state index contributed by atoms with van der Waals surface area (Å²) < 4.78 is 5.19. The van der Waals surface area contributed by atoms with Crippen molar-refractivity contribution in [3.05, 3.63) is 11.7 Å². The first-order valence-corrected chi connectivity index (χ1v) is 5.92. The lowest BCUT2D eigenvalue weighted by atomic mass is 10.1. The van der Waals surface area contributed by atoms with E-state index in [2.05, 4.69) is 27.4 Å². The second-order valence-electron chi connectivity index (χ2n) is 4.58. The highest BCUT2D eigenvalue weighted by molar-refractivity contribution is 4.91. The molecule has 0 spiro atoms. The van der Waals surface area contributed by atoms with E-state index in [0.717, 1.165) is 37.6 Å². The highest BCUT2D eigenvalue weighted by Gasteiger charge is 2.21. The Labute approximate surface area is 96.2 Å². The molecule has 5 nitrogen and oxygen atoms in total. The van der Waals surface area contributed by atoms with Crippen molar-refractivity contribution in [3.63, 3.8) is 0 Å². The molecule has 0 radical (unpaired) electrons. The van der Waals surface area contributed by atoms with Gasteiger partial charge in [-0.3, -0.25) is 0 Å². The van der Waals surface area contributed by atoms with Crippen molar-refractivity contribution in [1.82, 2.24) is 20.4 Å². The van der Waals surface area contributed by atoms with Crippen molar-refractivity contribution in [1.29, 1.82) is 0 Å². The molecule has 90 valence electrons. The predicted octanol–water partition coefficient (Wildman–Crippen LogP) is 0.326. The van der Waals surface area contributed by atoms with E-state index in [4.69, 9.17) is 4.52 Å². The first-order chi connectivity index (χ1) is 7.78. The van der Waals surface area contributed by atoms with E-state index in [1.54, 1.807) is 0 Å². The summed E-state index contributed by atoms with van der Waals surface area (Å²) in [5.74, 6) is 2.31. The zero-order chi connectivity index (χ0) is 11.4. The number of likely N-dealkylation sites (N-methyl/N-ethyl adjacent to an activating group) is 1. The molecule has 2 rings (SSSR count). The fourth-order valence-corrected chi connectivity index (χ4v) is 2.16. The molecule has 0 bridgehead atoms. The molecule has 5 heteroatoms. The van der Waals surface area contributed by atoms with Crippen LogP contribution < -0.4 is 5.32 Å². The second kappa shape index (κ2) is 5.41. The third-order valence-corrected chi connectivity index (χ3v) is 3.06. The zero-order valence-electron chi connectivity index (χ0n) is 10.1. The van der Waals surface area contributed by atoms with Crippen LogP contribution in [0.4, 0.5) is 0 Å². The van der Waals surface area contributed by atoms with Crippen LogP contribution in [-0.4, -0.2) is 48.8 Å². The van der Waals surface area contributed by atoms with E-state index in [1.165, 1.54) is 13.0 Å². The molecule has 1 saturated heterocycles. The van der Waals surface area contributed by atoms with E-state index >= 15 is 0 Å². The molecule has 0 amide bonds. The van der Waals surface area contributed by atoms with Crippen LogP contribution in [0.5, 0.6) is 0 Å². The number of likely N-dealkylation sites (tertiary alicyclic amines) is 1. The van der Waals surface area contributed by atoms with Gasteiger partial charge in [0.25, 0.3) is 0 Å². The van der Waals surface area contributed by atoms with E-state index in [9.17, 15) is 0 Å². The van der Waals surface area contributed by atoms with Gasteiger partial charge in [0.15, 0.2) is 5.82 Å². The van der Waals surface area contributed by atoms with Crippen molar-refractivity contribution in [3.8, 4) is 0 Å². The van der Waals surface area contributed by atoms with E-state index in [1.807, 2.05) is 7.05 Å². The summed E-state index contributed by atoms with van der Waals surface area (Å²) in [5.41, 5.74) is 0. The quantitative estimate of drug-likeness (QED) is 0.781. The van der Waals surface area contributed by atoms with Crippen molar-refractivity contribution >= 4 is 0 Å². The predicted molar refractivity (Wildman–Crippen MR) is 61.2 cm³/mol. The van der Waals surface area contributed by atoms with Gasteiger partial charge in [-0.15, -0.1) is 0 Å². The van der Waals surface area contributed by atoms with Gasteiger partial charge in [0.1, 0.15) is 0 Å². The van der Waals surface area contributed by atoms with E-state index < -0.39 is 0 Å². The highest BCUT2D eigenvalue weighted by atomic mass is 16.5. The number of hydrogen-bond donors (Lipinski definition) is 1. The molecule has 1 unspecified atom stereocenters. The number of nitrogens with zero attached hydrogens (tertiary/aromatic N) is 3. The number of rotatable bonds is 5. The van der Waals surface area contributed by atoms with Crippen LogP contribution in [0.3, 0.4) is 0 Å². The molecule has 1 atom stereocenters. The van der Waals surface area contributed by atoms with Crippen LogP contribution in [0, 0.1) is 5.92 Å². The molecule has 0 aliphatic carbocycles. The topological polar surface area (TPSA) is 54.2 Å². The Hall–Kier alpha value is -0.940. The standard InChI is InChI=1S/C11H20N4O/c1-12-5-3-11-13-10(14-16-11)7-9-4-6-15(2)8-9/h9,12H,3-8H2,1-2H3. The smallest absolute Gasteiger partial charge is 0.227 e. The van der Waals surface area contributed by atoms with E-state index in [-0.39, 0.29) is 0 Å². The van der Waals surface area contributed by atoms with Crippen LogP contribution in [-0.2, 0) is 12.8 Å². The molecule has 0 saturated carbocycles. The summed E-state index contributed by atoms with van der Waals surface area (Å²) in [5, 5.41) is 7.10. The molecule has 2 heterocycles. The van der Waals surface area contributed by atoms with Gasteiger partial charge in [-0.25, -0.2) is 0 Å². The van der Waals surface area contributed by atoms with Crippen LogP contribution in [0.2, 0.25) is 0 Å². The average molecular weight is 224 g/mol. The normalized spacial score (nSPS) is 21.8. The van der Waals surface area contributed by atoms with Gasteiger partial charge in [0.2, 0.25) is 5.89 Å². The largest absolute Gasteiger partial charge is 0.339 e. The molecule has 16 heavy (non-hydrogen) atoms. The van der Waals surface area contributed by atoms with Crippen LogP contribution >= 0.6 is 0 Å². The van der Waals surface area contributed by atoms with Crippen LogP contribution in [0.1, 0.15) is 18.1 Å². The third-order valence-electron chi connectivity index (χ3n) is 3.06. The first-order valence-electron chi connectivity index (χ1n) is 5.92. The summed E-state index contributed by atoms with van der Waals surface area (Å²) in [6.45, 7) is 3.23. The maximum atomic E-state index is 5.19. The lowest BCUT2D eigenvalue weighted by Gasteiger charge is -2.06. The Morgan fingerprint density at radius 2 is 2.44 bits per heavy atom. The Balaban J connectivity index is 1.83. The number of hydrogen-bond acceptors (Lipinski definition) is 5. The summed E-state index contributed by atoms with van der Waals surface area (Å²) in [6.07, 6.45) is 3.01. The first kappa shape index (κ1) is 11.5. The molecular weight excluding hydrogens is 204 g/mol. The van der Waals surface area contributed by atoms with E-state index in [0.29, 0.717) is 5.92 Å². The molecule has 1 N–H and O–H groups in total. The molecule has 1 aromatic heterocycles. The van der Waals surface area contributed by atoms with Gasteiger partial charge in [-0.05, 0) is 33.0 Å². The average Bonchev–Trinajstić information content (AvgIpc) is 2.86. The molecule has 1 aliphatic heterocycles. The van der Waals surface area contributed by atoms with Crippen molar-refractivity contribution in [2.75, 3.05) is 33.7 Å². The van der Waals surface area contributed by atoms with Gasteiger partial charge in [0.05, 0.1) is 0 Å². The Bertz CT molecular complexity index is 326. The Morgan fingerprint density at radius 1 is 1.56 bits per heavy atom. The van der Waals surface area contributed by atoms with Gasteiger partial charge in [0, 0.05) is 25.9 Å². The SMILES string of the molecule is CNCCc1nc(CC2CCN(C)C2)no1.